The van der Waals surface area contributed by atoms with Gasteiger partial charge in [-0.3, -0.25) is 4.79 Å². The Morgan fingerprint density at radius 1 is 1.17 bits per heavy atom. The average molecular weight is 411 g/mol. The molecule has 0 aliphatic rings. The van der Waals surface area contributed by atoms with E-state index in [1.807, 2.05) is 30.3 Å². The zero-order chi connectivity index (χ0) is 17.9. The molecule has 128 valence electrons. The van der Waals surface area contributed by atoms with Crippen LogP contribution in [0.5, 0.6) is 5.75 Å². The molecule has 0 heterocycles. The second-order valence-corrected chi connectivity index (χ2v) is 7.97. The highest BCUT2D eigenvalue weighted by molar-refractivity contribution is 9.10. The van der Waals surface area contributed by atoms with Crippen molar-refractivity contribution in [3.8, 4) is 5.75 Å². The highest BCUT2D eigenvalue weighted by atomic mass is 79.9. The third kappa shape index (κ3) is 4.99. The Morgan fingerprint density at radius 2 is 1.79 bits per heavy atom. The van der Waals surface area contributed by atoms with E-state index < -0.39 is 6.10 Å². The first-order valence-electron chi connectivity index (χ1n) is 7.70. The second kappa shape index (κ2) is 7.58. The van der Waals surface area contributed by atoms with Gasteiger partial charge in [-0.1, -0.05) is 60.4 Å². The van der Waals surface area contributed by atoms with Crippen LogP contribution in [0.2, 0.25) is 5.02 Å². The minimum Gasteiger partial charge on any atom is -0.481 e. The lowest BCUT2D eigenvalue weighted by Crippen LogP contribution is -2.30. The molecular formula is C19H21BrClNO2. The molecule has 2 rings (SSSR count). The molecule has 0 aliphatic heterocycles. The van der Waals surface area contributed by atoms with E-state index in [9.17, 15) is 4.79 Å². The number of carbonyl (C=O) groups excluding carboxylic acids is 1. The Morgan fingerprint density at radius 3 is 2.33 bits per heavy atom. The van der Waals surface area contributed by atoms with E-state index in [1.54, 1.807) is 19.1 Å². The summed E-state index contributed by atoms with van der Waals surface area (Å²) >= 11 is 9.45. The highest BCUT2D eigenvalue weighted by Gasteiger charge is 2.17. The molecule has 0 bridgehead atoms. The van der Waals surface area contributed by atoms with Crippen LogP contribution in [0.1, 0.15) is 33.3 Å². The minimum absolute atomic E-state index is 0.0832. The third-order valence-electron chi connectivity index (χ3n) is 3.59. The fourth-order valence-electron chi connectivity index (χ4n) is 2.12. The van der Waals surface area contributed by atoms with Crippen LogP contribution >= 0.6 is 27.5 Å². The number of rotatable bonds is 4. The SMILES string of the molecule is CC(Oc1ccc(C(C)(C)C)cc1)C(=O)Nc1ccc(Br)cc1Cl. The lowest BCUT2D eigenvalue weighted by atomic mass is 9.87. The largest absolute Gasteiger partial charge is 0.481 e. The van der Waals surface area contributed by atoms with Gasteiger partial charge in [-0.15, -0.1) is 0 Å². The van der Waals surface area contributed by atoms with Crippen molar-refractivity contribution >= 4 is 39.1 Å². The summed E-state index contributed by atoms with van der Waals surface area (Å²) in [5.41, 5.74) is 1.86. The molecule has 1 amide bonds. The lowest BCUT2D eigenvalue weighted by Gasteiger charge is -2.20. The first kappa shape index (κ1) is 18.8. The lowest BCUT2D eigenvalue weighted by molar-refractivity contribution is -0.122. The molecule has 2 aromatic rings. The molecule has 1 N–H and O–H groups in total. The van der Waals surface area contributed by atoms with Crippen molar-refractivity contribution in [3.05, 3.63) is 57.5 Å². The van der Waals surface area contributed by atoms with Crippen molar-refractivity contribution in [1.29, 1.82) is 0 Å². The van der Waals surface area contributed by atoms with Crippen molar-refractivity contribution in [3.63, 3.8) is 0 Å². The van der Waals surface area contributed by atoms with Gasteiger partial charge in [-0.05, 0) is 48.2 Å². The number of nitrogens with one attached hydrogen (secondary N) is 1. The Hall–Kier alpha value is -1.52. The van der Waals surface area contributed by atoms with Gasteiger partial charge in [0.1, 0.15) is 5.75 Å². The quantitative estimate of drug-likeness (QED) is 0.691. The van der Waals surface area contributed by atoms with E-state index in [-0.39, 0.29) is 11.3 Å². The van der Waals surface area contributed by atoms with Gasteiger partial charge in [0.2, 0.25) is 0 Å². The summed E-state index contributed by atoms with van der Waals surface area (Å²) in [6.07, 6.45) is -0.634. The smallest absolute Gasteiger partial charge is 0.265 e. The van der Waals surface area contributed by atoms with Crippen molar-refractivity contribution in [1.82, 2.24) is 0 Å². The summed E-state index contributed by atoms with van der Waals surface area (Å²) in [7, 11) is 0. The molecule has 24 heavy (non-hydrogen) atoms. The molecule has 0 radical (unpaired) electrons. The van der Waals surface area contributed by atoms with Gasteiger partial charge in [-0.25, -0.2) is 0 Å². The van der Waals surface area contributed by atoms with Crippen LogP contribution in [0.15, 0.2) is 46.9 Å². The molecule has 0 aliphatic carbocycles. The summed E-state index contributed by atoms with van der Waals surface area (Å²) in [6, 6.07) is 13.1. The predicted octanol–water partition coefficient (Wildman–Crippen LogP) is 5.81. The van der Waals surface area contributed by atoms with Crippen LogP contribution < -0.4 is 10.1 Å². The Labute approximate surface area is 156 Å². The van der Waals surface area contributed by atoms with Gasteiger partial charge in [0.15, 0.2) is 6.10 Å². The highest BCUT2D eigenvalue weighted by Crippen LogP contribution is 2.27. The topological polar surface area (TPSA) is 38.3 Å². The Kier molecular flexibility index (Phi) is 5.94. The molecule has 0 fully saturated rings. The van der Waals surface area contributed by atoms with Crippen LogP contribution in [-0.2, 0) is 10.2 Å². The molecule has 0 spiro atoms. The fraction of sp³-hybridized carbons (Fsp3) is 0.316. The zero-order valence-electron chi connectivity index (χ0n) is 14.2. The van der Waals surface area contributed by atoms with Crippen LogP contribution in [0.4, 0.5) is 5.69 Å². The number of hydrogen-bond donors (Lipinski definition) is 1. The third-order valence-corrected chi connectivity index (χ3v) is 4.40. The first-order valence-corrected chi connectivity index (χ1v) is 8.87. The molecule has 0 saturated heterocycles. The fourth-order valence-corrected chi connectivity index (χ4v) is 2.84. The number of carbonyl (C=O) groups is 1. The van der Waals surface area contributed by atoms with Crippen molar-refractivity contribution in [2.75, 3.05) is 5.32 Å². The summed E-state index contributed by atoms with van der Waals surface area (Å²) in [5, 5.41) is 3.25. The standard InChI is InChI=1S/C19H21BrClNO2/c1-12(18(23)22-17-10-7-14(20)11-16(17)21)24-15-8-5-13(6-9-15)19(2,3)4/h5-12H,1-4H3,(H,22,23). The molecule has 3 nitrogen and oxygen atoms in total. The van der Waals surface area contributed by atoms with Gasteiger partial charge in [0.05, 0.1) is 10.7 Å². The summed E-state index contributed by atoms with van der Waals surface area (Å²) in [5.74, 6) is 0.409. The number of benzene rings is 2. The first-order chi connectivity index (χ1) is 11.2. The van der Waals surface area contributed by atoms with Gasteiger partial charge >= 0.3 is 0 Å². The molecule has 1 atom stereocenters. The van der Waals surface area contributed by atoms with E-state index in [0.29, 0.717) is 16.5 Å². The van der Waals surface area contributed by atoms with E-state index in [4.69, 9.17) is 16.3 Å². The van der Waals surface area contributed by atoms with Crippen LogP contribution in [0.25, 0.3) is 0 Å². The normalized spacial score (nSPS) is 12.6. The maximum atomic E-state index is 12.3. The van der Waals surface area contributed by atoms with Gasteiger partial charge < -0.3 is 10.1 Å². The van der Waals surface area contributed by atoms with E-state index in [1.165, 1.54) is 5.56 Å². The average Bonchev–Trinajstić information content (AvgIpc) is 2.49. The Bertz CT molecular complexity index is 723. The maximum absolute atomic E-state index is 12.3. The van der Waals surface area contributed by atoms with E-state index in [2.05, 4.69) is 42.0 Å². The predicted molar refractivity (Wildman–Crippen MR) is 103 cm³/mol. The van der Waals surface area contributed by atoms with Gasteiger partial charge in [0, 0.05) is 4.47 Å². The Balaban J connectivity index is 2.01. The molecule has 5 heteroatoms. The number of ether oxygens (including phenoxy) is 1. The number of hydrogen-bond acceptors (Lipinski definition) is 2. The van der Waals surface area contributed by atoms with E-state index >= 15 is 0 Å². The number of halogens is 2. The van der Waals surface area contributed by atoms with E-state index in [0.717, 1.165) is 4.47 Å². The molecular weight excluding hydrogens is 390 g/mol. The maximum Gasteiger partial charge on any atom is 0.265 e. The number of amides is 1. The molecule has 2 aromatic carbocycles. The minimum atomic E-state index is -0.634. The van der Waals surface area contributed by atoms with Crippen molar-refractivity contribution < 1.29 is 9.53 Å². The van der Waals surface area contributed by atoms with Crippen molar-refractivity contribution in [2.45, 2.75) is 39.2 Å². The summed E-state index contributed by atoms with van der Waals surface area (Å²) < 4.78 is 6.57. The summed E-state index contributed by atoms with van der Waals surface area (Å²) in [6.45, 7) is 8.17. The van der Waals surface area contributed by atoms with Crippen LogP contribution in [-0.4, -0.2) is 12.0 Å². The van der Waals surface area contributed by atoms with Crippen molar-refractivity contribution in [2.24, 2.45) is 0 Å². The van der Waals surface area contributed by atoms with Gasteiger partial charge in [-0.2, -0.15) is 0 Å². The molecule has 0 saturated carbocycles. The van der Waals surface area contributed by atoms with Crippen LogP contribution in [0, 0.1) is 0 Å². The van der Waals surface area contributed by atoms with Gasteiger partial charge in [0.25, 0.3) is 5.91 Å². The number of anilines is 1. The monoisotopic (exact) mass is 409 g/mol. The van der Waals surface area contributed by atoms with Crippen LogP contribution in [0.3, 0.4) is 0 Å². The molecule has 0 aromatic heterocycles. The zero-order valence-corrected chi connectivity index (χ0v) is 16.5. The summed E-state index contributed by atoms with van der Waals surface area (Å²) in [4.78, 5) is 12.3. The molecule has 1 unspecified atom stereocenters. The second-order valence-electron chi connectivity index (χ2n) is 6.65.